The van der Waals surface area contributed by atoms with E-state index in [9.17, 15) is 4.39 Å². The molecule has 0 bridgehead atoms. The quantitative estimate of drug-likeness (QED) is 0.859. The van der Waals surface area contributed by atoms with E-state index < -0.39 is 0 Å². The van der Waals surface area contributed by atoms with Crippen LogP contribution >= 0.6 is 22.6 Å². The highest BCUT2D eigenvalue weighted by atomic mass is 127. The Morgan fingerprint density at radius 1 is 1.40 bits per heavy atom. The van der Waals surface area contributed by atoms with Crippen LogP contribution < -0.4 is 5.73 Å². The van der Waals surface area contributed by atoms with Gasteiger partial charge in [-0.25, -0.2) is 4.39 Å². The van der Waals surface area contributed by atoms with Crippen molar-refractivity contribution in [3.05, 3.63) is 33.5 Å². The van der Waals surface area contributed by atoms with Gasteiger partial charge in [-0.15, -0.1) is 10.2 Å². The van der Waals surface area contributed by atoms with Gasteiger partial charge in [-0.2, -0.15) is 0 Å². The van der Waals surface area contributed by atoms with E-state index in [0.29, 0.717) is 17.3 Å². The molecule has 15 heavy (non-hydrogen) atoms. The van der Waals surface area contributed by atoms with Crippen molar-refractivity contribution in [2.75, 3.05) is 0 Å². The molecular formula is C9H7FIN3O. The summed E-state index contributed by atoms with van der Waals surface area (Å²) in [4.78, 5) is 0. The molecule has 0 radical (unpaired) electrons. The van der Waals surface area contributed by atoms with Gasteiger partial charge in [-0.1, -0.05) is 0 Å². The molecule has 0 aliphatic heterocycles. The maximum atomic E-state index is 12.8. The molecule has 0 saturated carbocycles. The first kappa shape index (κ1) is 10.5. The Bertz CT molecular complexity index is 486. The van der Waals surface area contributed by atoms with Gasteiger partial charge in [-0.05, 0) is 40.8 Å². The van der Waals surface area contributed by atoms with Crippen molar-refractivity contribution in [2.45, 2.75) is 6.54 Å². The summed E-state index contributed by atoms with van der Waals surface area (Å²) >= 11 is 2.01. The smallest absolute Gasteiger partial charge is 0.248 e. The summed E-state index contributed by atoms with van der Waals surface area (Å²) in [6.07, 6.45) is 0. The molecule has 2 aromatic rings. The van der Waals surface area contributed by atoms with E-state index in [-0.39, 0.29) is 12.4 Å². The van der Waals surface area contributed by atoms with Crippen LogP contribution in [0, 0.1) is 9.39 Å². The van der Waals surface area contributed by atoms with Gasteiger partial charge in [-0.3, -0.25) is 0 Å². The molecule has 0 aliphatic rings. The molecule has 2 rings (SSSR count). The third-order valence-electron chi connectivity index (χ3n) is 1.80. The minimum atomic E-state index is -0.290. The van der Waals surface area contributed by atoms with Crippen molar-refractivity contribution < 1.29 is 8.81 Å². The molecule has 0 amide bonds. The van der Waals surface area contributed by atoms with E-state index in [0.717, 1.165) is 3.57 Å². The minimum absolute atomic E-state index is 0.199. The molecule has 1 heterocycles. The van der Waals surface area contributed by atoms with Crippen molar-refractivity contribution in [3.8, 4) is 11.5 Å². The van der Waals surface area contributed by atoms with E-state index in [1.165, 1.54) is 12.1 Å². The largest absolute Gasteiger partial charge is 0.419 e. The first-order valence-corrected chi connectivity index (χ1v) is 5.26. The lowest BCUT2D eigenvalue weighted by atomic mass is 10.2. The number of benzene rings is 1. The van der Waals surface area contributed by atoms with Crippen molar-refractivity contribution >= 4 is 22.6 Å². The Balaban J connectivity index is 2.44. The fraction of sp³-hybridized carbons (Fsp3) is 0.111. The van der Waals surface area contributed by atoms with Gasteiger partial charge in [0.2, 0.25) is 11.8 Å². The van der Waals surface area contributed by atoms with Gasteiger partial charge in [0, 0.05) is 3.57 Å². The van der Waals surface area contributed by atoms with E-state index in [2.05, 4.69) is 10.2 Å². The molecule has 0 saturated heterocycles. The first-order valence-electron chi connectivity index (χ1n) is 4.18. The number of halogens is 2. The van der Waals surface area contributed by atoms with Crippen LogP contribution in [0.3, 0.4) is 0 Å². The third-order valence-corrected chi connectivity index (χ3v) is 2.70. The zero-order valence-electron chi connectivity index (χ0n) is 7.58. The molecule has 6 heteroatoms. The molecule has 0 fully saturated rings. The number of nitrogens with zero attached hydrogens (tertiary/aromatic N) is 2. The maximum absolute atomic E-state index is 12.8. The second-order valence-electron chi connectivity index (χ2n) is 2.83. The van der Waals surface area contributed by atoms with Gasteiger partial charge in [0.15, 0.2) is 0 Å². The van der Waals surface area contributed by atoms with Crippen LogP contribution in [0.1, 0.15) is 5.89 Å². The van der Waals surface area contributed by atoms with Crippen LogP contribution in [0.15, 0.2) is 22.6 Å². The fourth-order valence-corrected chi connectivity index (χ4v) is 1.82. The number of rotatable bonds is 2. The predicted molar refractivity (Wildman–Crippen MR) is 60.3 cm³/mol. The molecule has 78 valence electrons. The van der Waals surface area contributed by atoms with Crippen LogP contribution in [0.2, 0.25) is 0 Å². The lowest BCUT2D eigenvalue weighted by Crippen LogP contribution is -1.95. The highest BCUT2D eigenvalue weighted by molar-refractivity contribution is 14.1. The summed E-state index contributed by atoms with van der Waals surface area (Å²) in [6.45, 7) is 0.199. The number of hydrogen-bond acceptors (Lipinski definition) is 4. The zero-order valence-corrected chi connectivity index (χ0v) is 9.73. The molecule has 1 aromatic heterocycles. The molecular weight excluding hydrogens is 312 g/mol. The molecule has 2 N–H and O–H groups in total. The SMILES string of the molecule is NCc1nnc(-c2ccc(F)cc2I)o1. The summed E-state index contributed by atoms with van der Waals surface area (Å²) in [6, 6.07) is 4.36. The Morgan fingerprint density at radius 3 is 2.80 bits per heavy atom. The van der Waals surface area contributed by atoms with Gasteiger partial charge in [0.05, 0.1) is 12.1 Å². The summed E-state index contributed by atoms with van der Waals surface area (Å²) < 4.78 is 18.8. The summed E-state index contributed by atoms with van der Waals surface area (Å²) in [5.41, 5.74) is 6.06. The molecule has 1 aromatic carbocycles. The Hall–Kier alpha value is -1.02. The number of nitrogens with two attached hydrogens (primary N) is 1. The van der Waals surface area contributed by atoms with E-state index in [4.69, 9.17) is 10.2 Å². The van der Waals surface area contributed by atoms with Gasteiger partial charge >= 0.3 is 0 Å². The summed E-state index contributed by atoms with van der Waals surface area (Å²) in [7, 11) is 0. The normalized spacial score (nSPS) is 10.6. The van der Waals surface area contributed by atoms with Crippen molar-refractivity contribution in [1.82, 2.24) is 10.2 Å². The zero-order chi connectivity index (χ0) is 10.8. The summed E-state index contributed by atoms with van der Waals surface area (Å²) in [5, 5.41) is 7.56. The highest BCUT2D eigenvalue weighted by Crippen LogP contribution is 2.24. The fourth-order valence-electron chi connectivity index (χ4n) is 1.11. The molecule has 4 nitrogen and oxygen atoms in total. The third kappa shape index (κ3) is 2.15. The topological polar surface area (TPSA) is 64.9 Å². The van der Waals surface area contributed by atoms with Crippen LogP contribution in [0.4, 0.5) is 4.39 Å². The monoisotopic (exact) mass is 319 g/mol. The number of hydrogen-bond donors (Lipinski definition) is 1. The Morgan fingerprint density at radius 2 is 2.20 bits per heavy atom. The Kier molecular flexibility index (Phi) is 2.96. The highest BCUT2D eigenvalue weighted by Gasteiger charge is 2.11. The van der Waals surface area contributed by atoms with E-state index in [1.54, 1.807) is 6.07 Å². The maximum Gasteiger partial charge on any atom is 0.248 e. The number of aromatic nitrogens is 2. The summed E-state index contributed by atoms with van der Waals surface area (Å²) in [5.74, 6) is 0.437. The van der Waals surface area contributed by atoms with Crippen LogP contribution in [0.25, 0.3) is 11.5 Å². The van der Waals surface area contributed by atoms with Crippen molar-refractivity contribution in [3.63, 3.8) is 0 Å². The van der Waals surface area contributed by atoms with Crippen LogP contribution in [-0.4, -0.2) is 10.2 Å². The van der Waals surface area contributed by atoms with Crippen molar-refractivity contribution in [2.24, 2.45) is 5.73 Å². The van der Waals surface area contributed by atoms with E-state index >= 15 is 0 Å². The molecule has 0 aliphatic carbocycles. The molecule has 0 spiro atoms. The minimum Gasteiger partial charge on any atom is -0.419 e. The molecule has 0 unspecified atom stereocenters. The average Bonchev–Trinajstić information content (AvgIpc) is 2.66. The Labute approximate surface area is 98.8 Å². The van der Waals surface area contributed by atoms with E-state index in [1.807, 2.05) is 22.6 Å². The van der Waals surface area contributed by atoms with Gasteiger partial charge < -0.3 is 10.2 Å². The second-order valence-corrected chi connectivity index (χ2v) is 3.99. The molecule has 0 atom stereocenters. The van der Waals surface area contributed by atoms with Gasteiger partial charge in [0.1, 0.15) is 5.82 Å². The second kappa shape index (κ2) is 4.23. The van der Waals surface area contributed by atoms with Crippen LogP contribution in [-0.2, 0) is 6.54 Å². The average molecular weight is 319 g/mol. The lowest BCUT2D eigenvalue weighted by Gasteiger charge is -1.98. The van der Waals surface area contributed by atoms with Crippen molar-refractivity contribution in [1.29, 1.82) is 0 Å². The first-order chi connectivity index (χ1) is 7.20. The lowest BCUT2D eigenvalue weighted by molar-refractivity contribution is 0.508. The predicted octanol–water partition coefficient (Wildman–Crippen LogP) is 1.94. The standard InChI is InChI=1S/C9H7FIN3O/c10-5-1-2-6(7(11)3-5)9-14-13-8(4-12)15-9/h1-3H,4,12H2. The van der Waals surface area contributed by atoms with Crippen LogP contribution in [0.5, 0.6) is 0 Å². The van der Waals surface area contributed by atoms with Gasteiger partial charge in [0.25, 0.3) is 0 Å².